The molecule has 0 aliphatic carbocycles. The van der Waals surface area contributed by atoms with Gasteiger partial charge in [-0.25, -0.2) is 4.98 Å². The number of rotatable bonds is 6. The number of nitrogens with one attached hydrogen (secondary N) is 1. The van der Waals surface area contributed by atoms with Crippen molar-refractivity contribution in [3.05, 3.63) is 17.2 Å². The zero-order chi connectivity index (χ0) is 12.1. The molecule has 1 aliphatic rings. The van der Waals surface area contributed by atoms with Gasteiger partial charge < -0.3 is 14.6 Å². The standard InChI is InChI=1S/C13H23N3O/c1-3-4-8-17-9-7-16-11(2)15-12-10-14-6-5-13(12)16/h14H,3-10H2,1-2H3. The molecule has 17 heavy (non-hydrogen) atoms. The molecule has 1 N–H and O–H groups in total. The smallest absolute Gasteiger partial charge is 0.106 e. The van der Waals surface area contributed by atoms with Crippen LogP contribution in [0.4, 0.5) is 0 Å². The zero-order valence-electron chi connectivity index (χ0n) is 11.0. The predicted molar refractivity (Wildman–Crippen MR) is 68.1 cm³/mol. The van der Waals surface area contributed by atoms with Gasteiger partial charge in [-0.3, -0.25) is 0 Å². The van der Waals surface area contributed by atoms with Crippen LogP contribution in [0.25, 0.3) is 0 Å². The molecule has 1 aromatic rings. The third-order valence-corrected chi connectivity index (χ3v) is 3.28. The van der Waals surface area contributed by atoms with Crippen molar-refractivity contribution in [2.24, 2.45) is 0 Å². The summed E-state index contributed by atoms with van der Waals surface area (Å²) in [6.07, 6.45) is 3.45. The molecule has 0 atom stereocenters. The van der Waals surface area contributed by atoms with E-state index in [-0.39, 0.29) is 0 Å². The summed E-state index contributed by atoms with van der Waals surface area (Å²) in [7, 11) is 0. The van der Waals surface area contributed by atoms with Gasteiger partial charge in [0.15, 0.2) is 0 Å². The largest absolute Gasteiger partial charge is 0.380 e. The van der Waals surface area contributed by atoms with E-state index in [1.54, 1.807) is 0 Å². The number of aromatic nitrogens is 2. The molecule has 2 heterocycles. The molecule has 0 saturated heterocycles. The fourth-order valence-corrected chi connectivity index (χ4v) is 2.31. The Labute approximate surface area is 103 Å². The summed E-state index contributed by atoms with van der Waals surface area (Å²) in [4.78, 5) is 4.61. The van der Waals surface area contributed by atoms with Crippen LogP contribution in [0.3, 0.4) is 0 Å². The van der Waals surface area contributed by atoms with E-state index in [9.17, 15) is 0 Å². The second-order valence-electron chi connectivity index (χ2n) is 4.60. The molecule has 0 radical (unpaired) electrons. The van der Waals surface area contributed by atoms with Gasteiger partial charge in [-0.1, -0.05) is 13.3 Å². The molecular weight excluding hydrogens is 214 g/mol. The van der Waals surface area contributed by atoms with Gasteiger partial charge >= 0.3 is 0 Å². The van der Waals surface area contributed by atoms with Gasteiger partial charge in [0, 0.05) is 38.4 Å². The quantitative estimate of drug-likeness (QED) is 0.765. The highest BCUT2D eigenvalue weighted by atomic mass is 16.5. The highest BCUT2D eigenvalue weighted by Gasteiger charge is 2.17. The monoisotopic (exact) mass is 237 g/mol. The maximum Gasteiger partial charge on any atom is 0.106 e. The number of unbranched alkanes of at least 4 members (excludes halogenated alkanes) is 1. The zero-order valence-corrected chi connectivity index (χ0v) is 11.0. The summed E-state index contributed by atoms with van der Waals surface area (Å²) in [6.45, 7) is 8.88. The lowest BCUT2D eigenvalue weighted by molar-refractivity contribution is 0.122. The maximum atomic E-state index is 5.63. The number of hydrogen-bond donors (Lipinski definition) is 1. The molecule has 96 valence electrons. The summed E-state index contributed by atoms with van der Waals surface area (Å²) in [5.41, 5.74) is 2.63. The van der Waals surface area contributed by atoms with Gasteiger partial charge in [0.25, 0.3) is 0 Å². The van der Waals surface area contributed by atoms with E-state index in [0.29, 0.717) is 0 Å². The van der Waals surface area contributed by atoms with Crippen molar-refractivity contribution in [1.29, 1.82) is 0 Å². The summed E-state index contributed by atoms with van der Waals surface area (Å²) in [5.74, 6) is 1.12. The van der Waals surface area contributed by atoms with Crippen LogP contribution in [0.15, 0.2) is 0 Å². The second kappa shape index (κ2) is 6.17. The first-order valence-corrected chi connectivity index (χ1v) is 6.66. The van der Waals surface area contributed by atoms with Gasteiger partial charge in [-0.2, -0.15) is 0 Å². The molecule has 2 rings (SSSR count). The molecule has 0 unspecified atom stereocenters. The fourth-order valence-electron chi connectivity index (χ4n) is 2.31. The van der Waals surface area contributed by atoms with Gasteiger partial charge in [0.1, 0.15) is 5.82 Å². The lowest BCUT2D eigenvalue weighted by atomic mass is 10.2. The normalized spacial score (nSPS) is 14.9. The van der Waals surface area contributed by atoms with E-state index in [1.165, 1.54) is 17.8 Å². The first kappa shape index (κ1) is 12.6. The van der Waals surface area contributed by atoms with Crippen molar-refractivity contribution < 1.29 is 4.74 Å². The molecule has 0 amide bonds. The Morgan fingerprint density at radius 3 is 3.12 bits per heavy atom. The molecule has 0 aromatic carbocycles. The maximum absolute atomic E-state index is 5.63. The Hall–Kier alpha value is -0.870. The van der Waals surface area contributed by atoms with Crippen molar-refractivity contribution in [3.8, 4) is 0 Å². The molecule has 0 bridgehead atoms. The van der Waals surface area contributed by atoms with E-state index < -0.39 is 0 Å². The Kier molecular flexibility index (Phi) is 4.57. The number of nitrogens with zero attached hydrogens (tertiary/aromatic N) is 2. The number of hydrogen-bond acceptors (Lipinski definition) is 3. The predicted octanol–water partition coefficient (Wildman–Crippen LogP) is 1.65. The van der Waals surface area contributed by atoms with Crippen molar-refractivity contribution >= 4 is 0 Å². The third-order valence-electron chi connectivity index (χ3n) is 3.28. The Bertz CT molecular complexity index is 360. The number of aryl methyl sites for hydroxylation is 1. The molecule has 1 aromatic heterocycles. The average molecular weight is 237 g/mol. The van der Waals surface area contributed by atoms with Crippen molar-refractivity contribution in [1.82, 2.24) is 14.9 Å². The molecule has 1 aliphatic heterocycles. The van der Waals surface area contributed by atoms with E-state index in [1.807, 2.05) is 0 Å². The molecule has 0 fully saturated rings. The Morgan fingerprint density at radius 1 is 1.41 bits per heavy atom. The van der Waals surface area contributed by atoms with Crippen molar-refractivity contribution in [2.45, 2.75) is 46.2 Å². The highest BCUT2D eigenvalue weighted by Crippen LogP contribution is 2.15. The van der Waals surface area contributed by atoms with Gasteiger partial charge in [0.05, 0.1) is 12.3 Å². The molecule has 0 spiro atoms. The van der Waals surface area contributed by atoms with Crippen LogP contribution in [0.2, 0.25) is 0 Å². The second-order valence-corrected chi connectivity index (χ2v) is 4.60. The lowest BCUT2D eigenvalue weighted by Crippen LogP contribution is -2.25. The van der Waals surface area contributed by atoms with Crippen LogP contribution >= 0.6 is 0 Å². The van der Waals surface area contributed by atoms with Crippen LogP contribution in [-0.2, 0) is 24.2 Å². The fraction of sp³-hybridized carbons (Fsp3) is 0.769. The van der Waals surface area contributed by atoms with Crippen molar-refractivity contribution in [3.63, 3.8) is 0 Å². The summed E-state index contributed by atoms with van der Waals surface area (Å²) in [6, 6.07) is 0. The van der Waals surface area contributed by atoms with Crippen LogP contribution in [-0.4, -0.2) is 29.3 Å². The minimum absolute atomic E-state index is 0.803. The number of fused-ring (bicyclic) bond motifs is 1. The average Bonchev–Trinajstić information content (AvgIpc) is 2.65. The number of imidazole rings is 1. The van der Waals surface area contributed by atoms with Gasteiger partial charge in [-0.15, -0.1) is 0 Å². The molecule has 4 heteroatoms. The third kappa shape index (κ3) is 3.07. The summed E-state index contributed by atoms with van der Waals surface area (Å²) in [5, 5.41) is 3.36. The van der Waals surface area contributed by atoms with Crippen LogP contribution in [0, 0.1) is 6.92 Å². The number of ether oxygens (including phenoxy) is 1. The summed E-state index contributed by atoms with van der Waals surface area (Å²) >= 11 is 0. The Morgan fingerprint density at radius 2 is 2.29 bits per heavy atom. The van der Waals surface area contributed by atoms with E-state index in [2.05, 4.69) is 28.7 Å². The van der Waals surface area contributed by atoms with Crippen LogP contribution in [0.5, 0.6) is 0 Å². The molecular formula is C13H23N3O. The van der Waals surface area contributed by atoms with E-state index in [0.717, 1.165) is 51.5 Å². The minimum Gasteiger partial charge on any atom is -0.380 e. The lowest BCUT2D eigenvalue weighted by Gasteiger charge is -2.15. The summed E-state index contributed by atoms with van der Waals surface area (Å²) < 4.78 is 7.95. The highest BCUT2D eigenvalue weighted by molar-refractivity contribution is 5.19. The topological polar surface area (TPSA) is 39.1 Å². The SMILES string of the molecule is CCCCOCCn1c(C)nc2c1CCNC2. The first-order valence-electron chi connectivity index (χ1n) is 6.66. The van der Waals surface area contributed by atoms with Gasteiger partial charge in [0.2, 0.25) is 0 Å². The minimum atomic E-state index is 0.803. The van der Waals surface area contributed by atoms with Crippen LogP contribution in [0.1, 0.15) is 37.0 Å². The van der Waals surface area contributed by atoms with Crippen molar-refractivity contribution in [2.75, 3.05) is 19.8 Å². The Balaban J connectivity index is 1.89. The molecule has 0 saturated carbocycles. The first-order chi connectivity index (χ1) is 8.33. The van der Waals surface area contributed by atoms with Crippen LogP contribution < -0.4 is 5.32 Å². The molecule has 4 nitrogen and oxygen atoms in total. The van der Waals surface area contributed by atoms with E-state index >= 15 is 0 Å². The van der Waals surface area contributed by atoms with Gasteiger partial charge in [-0.05, 0) is 13.3 Å². The van der Waals surface area contributed by atoms with E-state index in [4.69, 9.17) is 4.74 Å².